The van der Waals surface area contributed by atoms with Crippen LogP contribution in [-0.2, 0) is 12.1 Å². The van der Waals surface area contributed by atoms with Crippen LogP contribution in [0.3, 0.4) is 0 Å². The van der Waals surface area contributed by atoms with Crippen molar-refractivity contribution in [1.29, 1.82) is 0 Å². The van der Waals surface area contributed by atoms with Crippen LogP contribution >= 0.6 is 0 Å². The summed E-state index contributed by atoms with van der Waals surface area (Å²) in [4.78, 5) is 4.47. The van der Waals surface area contributed by atoms with E-state index in [1.807, 2.05) is 0 Å². The molecule has 0 unspecified atom stereocenters. The zero-order chi connectivity index (χ0) is 14.9. The van der Waals surface area contributed by atoms with Gasteiger partial charge in [-0.05, 0) is 37.8 Å². The van der Waals surface area contributed by atoms with Gasteiger partial charge in [0.2, 0.25) is 5.89 Å². The largest absolute Gasteiger partial charge is 0.376 e. The number of hydrogen-bond acceptors (Lipinski definition) is 5. The monoisotopic (exact) mass is 286 g/mol. The summed E-state index contributed by atoms with van der Waals surface area (Å²) in [5, 5.41) is 7.45. The van der Waals surface area contributed by atoms with Gasteiger partial charge in [-0.15, -0.1) is 0 Å². The molecule has 0 amide bonds. The zero-order valence-corrected chi connectivity index (χ0v) is 12.6. The summed E-state index contributed by atoms with van der Waals surface area (Å²) in [5.41, 5.74) is 9.50. The van der Waals surface area contributed by atoms with Crippen LogP contribution in [0.4, 0.5) is 5.69 Å². The van der Waals surface area contributed by atoms with Gasteiger partial charge in [0.15, 0.2) is 5.82 Å². The maximum Gasteiger partial charge on any atom is 0.246 e. The maximum atomic E-state index is 6.34. The van der Waals surface area contributed by atoms with Crippen molar-refractivity contribution in [3.05, 3.63) is 41.0 Å². The predicted octanol–water partition coefficient (Wildman–Crippen LogP) is 3.03. The van der Waals surface area contributed by atoms with Crippen LogP contribution in [0.25, 0.3) is 0 Å². The molecule has 112 valence electrons. The first-order valence-corrected chi connectivity index (χ1v) is 7.50. The van der Waals surface area contributed by atoms with Gasteiger partial charge in [-0.3, -0.25) is 0 Å². The minimum atomic E-state index is -0.389. The van der Waals surface area contributed by atoms with Crippen LogP contribution in [0.15, 0.2) is 22.7 Å². The predicted molar refractivity (Wildman–Crippen MR) is 81.9 cm³/mol. The van der Waals surface area contributed by atoms with Crippen molar-refractivity contribution >= 4 is 5.69 Å². The Balaban J connectivity index is 1.71. The summed E-state index contributed by atoms with van der Waals surface area (Å²) in [6.45, 7) is 4.69. The fourth-order valence-electron chi connectivity index (χ4n) is 3.02. The fourth-order valence-corrected chi connectivity index (χ4v) is 3.02. The molecule has 1 aromatic carbocycles. The van der Waals surface area contributed by atoms with Gasteiger partial charge in [0.25, 0.3) is 0 Å². The summed E-state index contributed by atoms with van der Waals surface area (Å²) in [6.07, 6.45) is 4.16. The van der Waals surface area contributed by atoms with E-state index >= 15 is 0 Å². The molecule has 1 aliphatic rings. The first kappa shape index (κ1) is 14.1. The molecule has 21 heavy (non-hydrogen) atoms. The number of aromatic nitrogens is 2. The first-order valence-electron chi connectivity index (χ1n) is 7.50. The lowest BCUT2D eigenvalue weighted by Crippen LogP contribution is -2.34. The van der Waals surface area contributed by atoms with E-state index in [-0.39, 0.29) is 5.54 Å². The summed E-state index contributed by atoms with van der Waals surface area (Å²) in [6, 6.07) is 6.23. The topological polar surface area (TPSA) is 77.0 Å². The number of benzene rings is 1. The van der Waals surface area contributed by atoms with Gasteiger partial charge in [0.1, 0.15) is 0 Å². The lowest BCUT2D eigenvalue weighted by molar-refractivity contribution is 0.351. The summed E-state index contributed by atoms with van der Waals surface area (Å²) >= 11 is 0. The number of anilines is 1. The van der Waals surface area contributed by atoms with E-state index in [2.05, 4.69) is 47.5 Å². The van der Waals surface area contributed by atoms with E-state index in [9.17, 15) is 0 Å². The van der Waals surface area contributed by atoms with E-state index in [0.29, 0.717) is 18.3 Å². The molecule has 0 bridgehead atoms. The Kier molecular flexibility index (Phi) is 3.68. The standard InChI is InChI=1S/C16H22N4O/c1-11-6-5-7-12(2)14(11)18-10-13-19-15(20-21-13)16(17)8-3-4-9-16/h5-7,18H,3-4,8-10,17H2,1-2H3. The van der Waals surface area contributed by atoms with E-state index in [4.69, 9.17) is 10.3 Å². The third kappa shape index (κ3) is 2.78. The summed E-state index contributed by atoms with van der Waals surface area (Å²) < 4.78 is 5.34. The van der Waals surface area contributed by atoms with Gasteiger partial charge in [-0.25, -0.2) is 0 Å². The van der Waals surface area contributed by atoms with Crippen LogP contribution in [0.1, 0.15) is 48.5 Å². The molecule has 1 aliphatic carbocycles. The lowest BCUT2D eigenvalue weighted by atomic mass is 9.99. The van der Waals surface area contributed by atoms with E-state index in [1.165, 1.54) is 11.1 Å². The van der Waals surface area contributed by atoms with Crippen molar-refractivity contribution in [2.24, 2.45) is 5.73 Å². The molecule has 2 aromatic rings. The number of rotatable bonds is 4. The van der Waals surface area contributed by atoms with Gasteiger partial charge >= 0.3 is 0 Å². The fraction of sp³-hybridized carbons (Fsp3) is 0.500. The van der Waals surface area contributed by atoms with E-state index in [0.717, 1.165) is 31.4 Å². The average Bonchev–Trinajstić information content (AvgIpc) is 3.08. The third-order valence-corrected chi connectivity index (χ3v) is 4.31. The van der Waals surface area contributed by atoms with Crippen molar-refractivity contribution in [2.75, 3.05) is 5.32 Å². The Morgan fingerprint density at radius 1 is 1.24 bits per heavy atom. The first-order chi connectivity index (χ1) is 10.1. The van der Waals surface area contributed by atoms with Gasteiger partial charge < -0.3 is 15.6 Å². The van der Waals surface area contributed by atoms with Gasteiger partial charge in [0, 0.05) is 5.69 Å². The number of nitrogens with one attached hydrogen (secondary N) is 1. The highest BCUT2D eigenvalue weighted by Crippen LogP contribution is 2.34. The second kappa shape index (κ2) is 5.48. The van der Waals surface area contributed by atoms with Crippen LogP contribution in [-0.4, -0.2) is 10.1 Å². The van der Waals surface area contributed by atoms with Crippen molar-refractivity contribution in [1.82, 2.24) is 10.1 Å². The molecule has 5 heteroatoms. The van der Waals surface area contributed by atoms with Crippen molar-refractivity contribution in [2.45, 2.75) is 51.6 Å². The quantitative estimate of drug-likeness (QED) is 0.903. The number of aryl methyl sites for hydroxylation is 2. The van der Waals surface area contributed by atoms with Crippen LogP contribution in [0.5, 0.6) is 0 Å². The van der Waals surface area contributed by atoms with Crippen LogP contribution < -0.4 is 11.1 Å². The number of nitrogens with zero attached hydrogens (tertiary/aromatic N) is 2. The Labute approximate surface area is 124 Å². The van der Waals surface area contributed by atoms with Crippen LogP contribution in [0.2, 0.25) is 0 Å². The normalized spacial score (nSPS) is 17.1. The smallest absolute Gasteiger partial charge is 0.246 e. The Morgan fingerprint density at radius 2 is 1.90 bits per heavy atom. The molecule has 0 radical (unpaired) electrons. The molecule has 1 heterocycles. The molecule has 3 rings (SSSR count). The molecular weight excluding hydrogens is 264 g/mol. The molecule has 0 aliphatic heterocycles. The highest BCUT2D eigenvalue weighted by Gasteiger charge is 2.35. The summed E-state index contributed by atoms with van der Waals surface area (Å²) in [5.74, 6) is 1.24. The number of para-hydroxylation sites is 1. The van der Waals surface area contributed by atoms with Crippen LogP contribution in [0, 0.1) is 13.8 Å². The molecule has 1 saturated carbocycles. The second-order valence-corrected chi connectivity index (χ2v) is 6.00. The Morgan fingerprint density at radius 3 is 2.57 bits per heavy atom. The van der Waals surface area contributed by atoms with E-state index in [1.54, 1.807) is 0 Å². The van der Waals surface area contributed by atoms with Crippen molar-refractivity contribution < 1.29 is 4.52 Å². The van der Waals surface area contributed by atoms with E-state index < -0.39 is 0 Å². The SMILES string of the molecule is Cc1cccc(C)c1NCc1nc(C2(N)CCCC2)no1. The molecule has 1 fully saturated rings. The Hall–Kier alpha value is -1.88. The minimum Gasteiger partial charge on any atom is -0.376 e. The van der Waals surface area contributed by atoms with Gasteiger partial charge in [-0.2, -0.15) is 4.98 Å². The highest BCUT2D eigenvalue weighted by atomic mass is 16.5. The molecule has 0 saturated heterocycles. The molecular formula is C16H22N4O. The maximum absolute atomic E-state index is 6.34. The molecule has 1 aromatic heterocycles. The molecule has 3 N–H and O–H groups in total. The summed E-state index contributed by atoms with van der Waals surface area (Å²) in [7, 11) is 0. The lowest BCUT2D eigenvalue weighted by Gasteiger charge is -2.17. The molecule has 0 spiro atoms. The highest BCUT2D eigenvalue weighted by molar-refractivity contribution is 5.56. The second-order valence-electron chi connectivity index (χ2n) is 6.00. The Bertz CT molecular complexity index is 609. The number of nitrogens with two attached hydrogens (primary N) is 1. The number of hydrogen-bond donors (Lipinski definition) is 2. The van der Waals surface area contributed by atoms with Crippen molar-refractivity contribution in [3.8, 4) is 0 Å². The molecule has 5 nitrogen and oxygen atoms in total. The third-order valence-electron chi connectivity index (χ3n) is 4.31. The average molecular weight is 286 g/mol. The minimum absolute atomic E-state index is 0.389. The molecule has 0 atom stereocenters. The zero-order valence-electron chi connectivity index (χ0n) is 12.6. The van der Waals surface area contributed by atoms with Gasteiger partial charge in [0.05, 0.1) is 12.1 Å². The van der Waals surface area contributed by atoms with Gasteiger partial charge in [-0.1, -0.05) is 36.2 Å². The van der Waals surface area contributed by atoms with Crippen molar-refractivity contribution in [3.63, 3.8) is 0 Å².